The van der Waals surface area contributed by atoms with Crippen LogP contribution in [-0.4, -0.2) is 30.6 Å². The molecule has 0 aromatic heterocycles. The molecule has 5 nitrogen and oxygen atoms in total. The van der Waals surface area contributed by atoms with Crippen LogP contribution in [0, 0.1) is 11.7 Å². The quantitative estimate of drug-likeness (QED) is 0.811. The summed E-state index contributed by atoms with van der Waals surface area (Å²) in [4.78, 5) is 23.9. The molecule has 6 heteroatoms. The molecule has 132 valence electrons. The summed E-state index contributed by atoms with van der Waals surface area (Å²) in [5.74, 6) is -0.511. The van der Waals surface area contributed by atoms with Crippen LogP contribution in [0.2, 0.25) is 0 Å². The van der Waals surface area contributed by atoms with Gasteiger partial charge >= 0.3 is 5.97 Å². The second kappa shape index (κ2) is 8.66. The molecule has 1 aliphatic rings. The van der Waals surface area contributed by atoms with E-state index in [4.69, 9.17) is 9.47 Å². The number of halogens is 1. The number of amides is 1. The van der Waals surface area contributed by atoms with Crippen LogP contribution in [0.25, 0.3) is 0 Å². The van der Waals surface area contributed by atoms with Crippen molar-refractivity contribution >= 4 is 11.9 Å². The van der Waals surface area contributed by atoms with Crippen molar-refractivity contribution in [2.45, 2.75) is 51.7 Å². The maximum Gasteiger partial charge on any atom is 0.344 e. The van der Waals surface area contributed by atoms with E-state index in [0.717, 1.165) is 19.3 Å². The highest BCUT2D eigenvalue weighted by molar-refractivity contribution is 5.83. The van der Waals surface area contributed by atoms with Crippen molar-refractivity contribution in [2.24, 2.45) is 5.92 Å². The molecule has 1 N–H and O–H groups in total. The summed E-state index contributed by atoms with van der Waals surface area (Å²) in [6, 6.07) is 5.46. The van der Waals surface area contributed by atoms with Gasteiger partial charge in [-0.1, -0.05) is 19.8 Å². The fourth-order valence-electron chi connectivity index (χ4n) is 2.79. The van der Waals surface area contributed by atoms with Gasteiger partial charge in [0.15, 0.2) is 12.7 Å². The Morgan fingerprint density at radius 3 is 2.58 bits per heavy atom. The highest BCUT2D eigenvalue weighted by atomic mass is 19.1. The number of nitrogens with one attached hydrogen (secondary N) is 1. The lowest BCUT2D eigenvalue weighted by Crippen LogP contribution is -2.46. The average molecular weight is 337 g/mol. The topological polar surface area (TPSA) is 64.6 Å². The van der Waals surface area contributed by atoms with E-state index in [9.17, 15) is 14.0 Å². The zero-order chi connectivity index (χ0) is 17.5. The second-order valence-corrected chi connectivity index (χ2v) is 6.25. The third-order valence-electron chi connectivity index (χ3n) is 4.29. The first kappa shape index (κ1) is 18.2. The van der Waals surface area contributed by atoms with Crippen molar-refractivity contribution in [3.05, 3.63) is 30.1 Å². The maximum absolute atomic E-state index is 12.8. The summed E-state index contributed by atoms with van der Waals surface area (Å²) in [7, 11) is 0. The molecule has 0 radical (unpaired) electrons. The Morgan fingerprint density at radius 1 is 1.25 bits per heavy atom. The Balaban J connectivity index is 1.73. The zero-order valence-corrected chi connectivity index (χ0v) is 14.1. The summed E-state index contributed by atoms with van der Waals surface area (Å²) in [5.41, 5.74) is 0. The molecule has 1 amide bonds. The van der Waals surface area contributed by atoms with Gasteiger partial charge in [-0.2, -0.15) is 0 Å². The smallest absolute Gasteiger partial charge is 0.344 e. The van der Waals surface area contributed by atoms with E-state index in [-0.39, 0.29) is 24.4 Å². The van der Waals surface area contributed by atoms with Crippen LogP contribution in [0.1, 0.15) is 39.5 Å². The number of rotatable bonds is 6. The Morgan fingerprint density at radius 2 is 1.92 bits per heavy atom. The normalized spacial score (nSPS) is 21.6. The maximum atomic E-state index is 12.8. The number of benzene rings is 1. The third-order valence-corrected chi connectivity index (χ3v) is 4.29. The van der Waals surface area contributed by atoms with Crippen LogP contribution < -0.4 is 10.1 Å². The third kappa shape index (κ3) is 5.51. The number of ether oxygens (including phenoxy) is 2. The minimum Gasteiger partial charge on any atom is -0.482 e. The molecule has 0 heterocycles. The van der Waals surface area contributed by atoms with E-state index >= 15 is 0 Å². The van der Waals surface area contributed by atoms with Crippen LogP contribution in [-0.2, 0) is 14.3 Å². The highest BCUT2D eigenvalue weighted by Gasteiger charge is 2.26. The summed E-state index contributed by atoms with van der Waals surface area (Å²) in [5, 5.41) is 2.96. The lowest BCUT2D eigenvalue weighted by atomic mass is 9.86. The van der Waals surface area contributed by atoms with Crippen LogP contribution in [0.3, 0.4) is 0 Å². The lowest BCUT2D eigenvalue weighted by molar-refractivity contribution is -0.157. The van der Waals surface area contributed by atoms with E-state index in [0.29, 0.717) is 11.7 Å². The summed E-state index contributed by atoms with van der Waals surface area (Å²) >= 11 is 0. The summed E-state index contributed by atoms with van der Waals surface area (Å²) < 4.78 is 23.1. The number of hydrogen-bond acceptors (Lipinski definition) is 4. The van der Waals surface area contributed by atoms with Gasteiger partial charge in [-0.15, -0.1) is 0 Å². The fourth-order valence-corrected chi connectivity index (χ4v) is 2.79. The average Bonchev–Trinajstić information content (AvgIpc) is 2.56. The van der Waals surface area contributed by atoms with Crippen molar-refractivity contribution in [3.8, 4) is 5.75 Å². The number of hydrogen-bond donors (Lipinski definition) is 1. The molecule has 0 saturated heterocycles. The van der Waals surface area contributed by atoms with Crippen molar-refractivity contribution in [1.82, 2.24) is 5.32 Å². The lowest BCUT2D eigenvalue weighted by Gasteiger charge is -2.30. The fraction of sp³-hybridized carbons (Fsp3) is 0.556. The van der Waals surface area contributed by atoms with Crippen molar-refractivity contribution < 1.29 is 23.5 Å². The highest BCUT2D eigenvalue weighted by Crippen LogP contribution is 2.23. The number of carbonyl (C=O) groups excluding carboxylic acids is 2. The molecule has 0 aliphatic heterocycles. The molecule has 0 bridgehead atoms. The molecule has 1 aromatic rings. The first-order valence-corrected chi connectivity index (χ1v) is 8.34. The number of esters is 1. The molecule has 1 aliphatic carbocycles. The van der Waals surface area contributed by atoms with Crippen molar-refractivity contribution in [1.29, 1.82) is 0 Å². The molecule has 0 spiro atoms. The molecule has 1 fully saturated rings. The minimum atomic E-state index is -0.872. The van der Waals surface area contributed by atoms with E-state index in [1.54, 1.807) is 6.92 Å². The number of carbonyl (C=O) groups is 2. The summed E-state index contributed by atoms with van der Waals surface area (Å²) in [6.07, 6.45) is 3.49. The Hall–Kier alpha value is -2.11. The zero-order valence-electron chi connectivity index (χ0n) is 14.1. The van der Waals surface area contributed by atoms with E-state index in [2.05, 4.69) is 12.2 Å². The van der Waals surface area contributed by atoms with Gasteiger partial charge in [-0.25, -0.2) is 9.18 Å². The molecular weight excluding hydrogens is 313 g/mol. The van der Waals surface area contributed by atoms with Crippen LogP contribution in [0.5, 0.6) is 5.75 Å². The monoisotopic (exact) mass is 337 g/mol. The first-order valence-electron chi connectivity index (χ1n) is 8.34. The molecular formula is C18H24FNO4. The van der Waals surface area contributed by atoms with Gasteiger partial charge in [0.1, 0.15) is 11.6 Å². The van der Waals surface area contributed by atoms with Gasteiger partial charge in [0.2, 0.25) is 0 Å². The predicted molar refractivity (Wildman–Crippen MR) is 87.0 cm³/mol. The van der Waals surface area contributed by atoms with E-state index in [1.165, 1.54) is 30.7 Å². The van der Waals surface area contributed by atoms with E-state index in [1.807, 2.05) is 0 Å². The van der Waals surface area contributed by atoms with Gasteiger partial charge < -0.3 is 14.8 Å². The van der Waals surface area contributed by atoms with Crippen molar-refractivity contribution in [2.75, 3.05) is 6.61 Å². The van der Waals surface area contributed by atoms with Gasteiger partial charge in [-0.3, -0.25) is 4.79 Å². The largest absolute Gasteiger partial charge is 0.482 e. The van der Waals surface area contributed by atoms with Crippen molar-refractivity contribution in [3.63, 3.8) is 0 Å². The van der Waals surface area contributed by atoms with Crippen LogP contribution in [0.15, 0.2) is 24.3 Å². The molecule has 24 heavy (non-hydrogen) atoms. The first-order chi connectivity index (χ1) is 11.5. The minimum absolute atomic E-state index is 0.142. The van der Waals surface area contributed by atoms with Gasteiger partial charge in [0, 0.05) is 6.04 Å². The predicted octanol–water partition coefficient (Wildman–Crippen LogP) is 2.83. The SMILES string of the molecule is C[C@@H]1CCCC[C@@H]1NC(=O)[C@@H](C)OC(=O)COc1ccc(F)cc1. The summed E-state index contributed by atoms with van der Waals surface area (Å²) in [6.45, 7) is 3.33. The molecule has 1 aromatic carbocycles. The molecule has 1 saturated carbocycles. The molecule has 2 rings (SSSR count). The van der Waals surface area contributed by atoms with Crippen LogP contribution in [0.4, 0.5) is 4.39 Å². The Kier molecular flexibility index (Phi) is 6.58. The standard InChI is InChI=1S/C18H24FNO4/c1-12-5-3-4-6-16(12)20-18(22)13(2)24-17(21)11-23-15-9-7-14(19)8-10-15/h7-10,12-13,16H,3-6,11H2,1-2H3,(H,20,22)/t12-,13-,16+/m1/s1. The Bertz CT molecular complexity index is 561. The van der Waals surface area contributed by atoms with E-state index < -0.39 is 12.1 Å². The van der Waals surface area contributed by atoms with Crippen LogP contribution >= 0.6 is 0 Å². The molecule has 0 unspecified atom stereocenters. The Labute approximate surface area is 141 Å². The van der Waals surface area contributed by atoms with Gasteiger partial charge in [-0.05, 0) is 49.9 Å². The molecule has 3 atom stereocenters. The second-order valence-electron chi connectivity index (χ2n) is 6.25. The van der Waals surface area contributed by atoms with Gasteiger partial charge in [0.05, 0.1) is 0 Å². The van der Waals surface area contributed by atoms with Gasteiger partial charge in [0.25, 0.3) is 5.91 Å².